The molecule has 24 heavy (non-hydrogen) atoms. The highest BCUT2D eigenvalue weighted by Crippen LogP contribution is 2.37. The van der Waals surface area contributed by atoms with Gasteiger partial charge in [-0.2, -0.15) is 0 Å². The van der Waals surface area contributed by atoms with Crippen LogP contribution in [0.5, 0.6) is 11.5 Å². The first kappa shape index (κ1) is 23.0. The van der Waals surface area contributed by atoms with Crippen molar-refractivity contribution in [3.05, 3.63) is 22.2 Å². The number of hydrogen-bond donors (Lipinski definition) is 2. The van der Waals surface area contributed by atoms with E-state index >= 15 is 0 Å². The fourth-order valence-corrected chi connectivity index (χ4v) is 2.51. The van der Waals surface area contributed by atoms with Crippen LogP contribution in [0, 0.1) is 5.92 Å². The van der Waals surface area contributed by atoms with Crippen LogP contribution >= 0.6 is 28.3 Å². The lowest BCUT2D eigenvalue weighted by molar-refractivity contribution is 0.0882. The molecule has 0 fully saturated rings. The van der Waals surface area contributed by atoms with E-state index in [0.717, 1.165) is 6.42 Å². The first-order valence-corrected chi connectivity index (χ1v) is 8.61. The Bertz CT molecular complexity index is 555. The Balaban J connectivity index is 0.00000529. The second-order valence-corrected chi connectivity index (χ2v) is 6.92. The van der Waals surface area contributed by atoms with Gasteiger partial charge < -0.3 is 20.5 Å². The van der Waals surface area contributed by atoms with Gasteiger partial charge >= 0.3 is 0 Å². The molecule has 5 nitrogen and oxygen atoms in total. The zero-order valence-corrected chi connectivity index (χ0v) is 17.3. The molecule has 0 saturated heterocycles. The molecule has 1 aromatic carbocycles. The maximum atomic E-state index is 12.6. The predicted octanol–water partition coefficient (Wildman–Crippen LogP) is 3.77. The zero-order chi connectivity index (χ0) is 17.6. The van der Waals surface area contributed by atoms with Crippen molar-refractivity contribution < 1.29 is 14.3 Å². The molecule has 0 aliphatic rings. The van der Waals surface area contributed by atoms with Gasteiger partial charge in [0, 0.05) is 12.1 Å². The minimum Gasteiger partial charge on any atom is -0.493 e. The minimum absolute atomic E-state index is 0. The van der Waals surface area contributed by atoms with E-state index in [9.17, 15) is 4.79 Å². The van der Waals surface area contributed by atoms with Crippen molar-refractivity contribution in [2.45, 2.75) is 39.7 Å². The number of carbonyl (C=O) groups is 1. The highest BCUT2D eigenvalue weighted by atomic mass is 79.9. The van der Waals surface area contributed by atoms with Gasteiger partial charge in [-0.3, -0.25) is 4.79 Å². The van der Waals surface area contributed by atoms with E-state index in [1.54, 1.807) is 19.2 Å². The lowest BCUT2D eigenvalue weighted by Gasteiger charge is -2.33. The van der Waals surface area contributed by atoms with Crippen LogP contribution in [0.3, 0.4) is 0 Å². The SMILES string of the molecule is CCCOc1c(Br)cc(C(=O)NC(C)(CN)C(C)C)cc1OC.Cl. The summed E-state index contributed by atoms with van der Waals surface area (Å²) in [6.45, 7) is 8.99. The summed E-state index contributed by atoms with van der Waals surface area (Å²) in [5, 5.41) is 3.02. The average Bonchev–Trinajstić information content (AvgIpc) is 2.52. The molecule has 1 unspecified atom stereocenters. The summed E-state index contributed by atoms with van der Waals surface area (Å²) in [6.07, 6.45) is 0.890. The molecule has 3 N–H and O–H groups in total. The number of benzene rings is 1. The van der Waals surface area contributed by atoms with Crippen LogP contribution in [0.25, 0.3) is 0 Å². The van der Waals surface area contributed by atoms with Crippen molar-refractivity contribution in [3.8, 4) is 11.5 Å². The maximum absolute atomic E-state index is 12.6. The van der Waals surface area contributed by atoms with Gasteiger partial charge in [0.2, 0.25) is 0 Å². The second-order valence-electron chi connectivity index (χ2n) is 6.07. The molecule has 1 atom stereocenters. The van der Waals surface area contributed by atoms with E-state index in [0.29, 0.717) is 34.7 Å². The molecule has 0 bridgehead atoms. The largest absolute Gasteiger partial charge is 0.493 e. The minimum atomic E-state index is -0.464. The van der Waals surface area contributed by atoms with E-state index < -0.39 is 5.54 Å². The molecule has 1 aromatic rings. The van der Waals surface area contributed by atoms with Gasteiger partial charge in [0.1, 0.15) is 0 Å². The fraction of sp³-hybridized carbons (Fsp3) is 0.588. The van der Waals surface area contributed by atoms with E-state index in [1.807, 2.05) is 27.7 Å². The molecule has 0 saturated carbocycles. The maximum Gasteiger partial charge on any atom is 0.251 e. The van der Waals surface area contributed by atoms with Gasteiger partial charge in [0.25, 0.3) is 5.91 Å². The summed E-state index contributed by atoms with van der Waals surface area (Å²) in [7, 11) is 1.56. The molecular formula is C17H28BrClN2O3. The quantitative estimate of drug-likeness (QED) is 0.667. The van der Waals surface area contributed by atoms with Crippen molar-refractivity contribution in [1.82, 2.24) is 5.32 Å². The Kier molecular flexibility index (Phi) is 9.70. The topological polar surface area (TPSA) is 73.6 Å². The Morgan fingerprint density at radius 2 is 2.04 bits per heavy atom. The number of hydrogen-bond acceptors (Lipinski definition) is 4. The first-order valence-electron chi connectivity index (χ1n) is 7.82. The van der Waals surface area contributed by atoms with E-state index in [4.69, 9.17) is 15.2 Å². The van der Waals surface area contributed by atoms with Crippen molar-refractivity contribution in [2.75, 3.05) is 20.3 Å². The average molecular weight is 424 g/mol. The van der Waals surface area contributed by atoms with Crippen LogP contribution in [-0.4, -0.2) is 31.7 Å². The Hall–Kier alpha value is -0.980. The lowest BCUT2D eigenvalue weighted by Crippen LogP contribution is -2.55. The first-order chi connectivity index (χ1) is 10.8. The van der Waals surface area contributed by atoms with Crippen LogP contribution in [0.15, 0.2) is 16.6 Å². The monoisotopic (exact) mass is 422 g/mol. The van der Waals surface area contributed by atoms with Gasteiger partial charge in [0.15, 0.2) is 11.5 Å². The van der Waals surface area contributed by atoms with E-state index in [1.165, 1.54) is 0 Å². The predicted molar refractivity (Wildman–Crippen MR) is 103 cm³/mol. The number of rotatable bonds is 8. The smallest absolute Gasteiger partial charge is 0.251 e. The molecule has 138 valence electrons. The van der Waals surface area contributed by atoms with Crippen LogP contribution in [0.4, 0.5) is 0 Å². The highest BCUT2D eigenvalue weighted by Gasteiger charge is 2.29. The van der Waals surface area contributed by atoms with Gasteiger partial charge in [0.05, 0.1) is 23.7 Å². The number of halogens is 2. The molecule has 1 rings (SSSR count). The van der Waals surface area contributed by atoms with Gasteiger partial charge in [-0.1, -0.05) is 20.8 Å². The molecule has 7 heteroatoms. The molecule has 0 aromatic heterocycles. The van der Waals surface area contributed by atoms with Gasteiger partial charge in [-0.05, 0) is 47.3 Å². The number of nitrogens with one attached hydrogen (secondary N) is 1. The van der Waals surface area contributed by atoms with Crippen LogP contribution in [0.1, 0.15) is 44.5 Å². The standard InChI is InChI=1S/C17H27BrN2O3.ClH/c1-6-7-23-15-13(18)8-12(9-14(15)22-5)16(21)20-17(4,10-19)11(2)3;/h8-9,11H,6-7,10,19H2,1-5H3,(H,20,21);1H. The Morgan fingerprint density at radius 1 is 1.42 bits per heavy atom. The normalized spacial score (nSPS) is 13.0. The summed E-state index contributed by atoms with van der Waals surface area (Å²) in [5.41, 5.74) is 5.86. The molecule has 1 amide bonds. The van der Waals surface area contributed by atoms with Gasteiger partial charge in [-0.25, -0.2) is 0 Å². The number of ether oxygens (including phenoxy) is 2. The summed E-state index contributed by atoms with van der Waals surface area (Å²) in [6, 6.07) is 3.42. The van der Waals surface area contributed by atoms with Crippen LogP contribution in [-0.2, 0) is 0 Å². The summed E-state index contributed by atoms with van der Waals surface area (Å²) in [4.78, 5) is 12.6. The van der Waals surface area contributed by atoms with Crippen molar-refractivity contribution in [3.63, 3.8) is 0 Å². The molecular weight excluding hydrogens is 396 g/mol. The molecule has 0 heterocycles. The third-order valence-electron chi connectivity index (χ3n) is 4.04. The second kappa shape index (κ2) is 10.1. The Labute approximate surface area is 159 Å². The number of methoxy groups -OCH3 is 1. The molecule has 0 aliphatic carbocycles. The third-order valence-corrected chi connectivity index (χ3v) is 4.63. The molecule has 0 spiro atoms. The molecule has 0 radical (unpaired) electrons. The summed E-state index contributed by atoms with van der Waals surface area (Å²) in [5.74, 6) is 1.16. The van der Waals surface area contributed by atoms with Crippen molar-refractivity contribution in [2.24, 2.45) is 11.7 Å². The zero-order valence-electron chi connectivity index (χ0n) is 14.9. The van der Waals surface area contributed by atoms with Gasteiger partial charge in [-0.15, -0.1) is 12.4 Å². The number of carbonyl (C=O) groups excluding carboxylic acids is 1. The number of nitrogens with two attached hydrogens (primary N) is 1. The van der Waals surface area contributed by atoms with Crippen LogP contribution < -0.4 is 20.5 Å². The highest BCUT2D eigenvalue weighted by molar-refractivity contribution is 9.10. The Morgan fingerprint density at radius 3 is 2.50 bits per heavy atom. The third kappa shape index (κ3) is 5.53. The molecule has 0 aliphatic heterocycles. The van der Waals surface area contributed by atoms with Crippen molar-refractivity contribution in [1.29, 1.82) is 0 Å². The van der Waals surface area contributed by atoms with E-state index in [2.05, 4.69) is 21.2 Å². The van der Waals surface area contributed by atoms with Crippen LogP contribution in [0.2, 0.25) is 0 Å². The summed E-state index contributed by atoms with van der Waals surface area (Å²) < 4.78 is 11.7. The number of amides is 1. The lowest BCUT2D eigenvalue weighted by atomic mass is 9.88. The summed E-state index contributed by atoms with van der Waals surface area (Å²) >= 11 is 3.45. The van der Waals surface area contributed by atoms with E-state index in [-0.39, 0.29) is 24.2 Å². The van der Waals surface area contributed by atoms with Crippen molar-refractivity contribution >= 4 is 34.2 Å². The fourth-order valence-electron chi connectivity index (χ4n) is 1.96.